The third-order valence-corrected chi connectivity index (χ3v) is 3.55. The Hall–Kier alpha value is -2.53. The van der Waals surface area contributed by atoms with Gasteiger partial charge in [-0.2, -0.15) is 0 Å². The monoisotopic (exact) mass is 344 g/mol. The van der Waals surface area contributed by atoms with Crippen LogP contribution < -0.4 is 15.1 Å². The highest BCUT2D eigenvalue weighted by atomic mass is 16.5. The maximum atomic E-state index is 11.4. The largest absolute Gasteiger partial charge is 0.490 e. The van der Waals surface area contributed by atoms with E-state index in [2.05, 4.69) is 0 Å². The van der Waals surface area contributed by atoms with Crippen LogP contribution in [0.25, 0.3) is 11.0 Å². The molecule has 0 aliphatic carbocycles. The molecule has 2 aromatic rings. The van der Waals surface area contributed by atoms with Crippen molar-refractivity contribution in [1.29, 1.82) is 0 Å². The van der Waals surface area contributed by atoms with Gasteiger partial charge in [0.1, 0.15) is 6.61 Å². The Bertz CT molecular complexity index is 837. The van der Waals surface area contributed by atoms with Crippen LogP contribution in [0.3, 0.4) is 0 Å². The molecule has 0 amide bonds. The highest BCUT2D eigenvalue weighted by molar-refractivity contribution is 5.85. The summed E-state index contributed by atoms with van der Waals surface area (Å²) in [6, 6.07) is 6.67. The molecule has 1 aromatic heterocycles. The molecule has 2 rings (SSSR count). The van der Waals surface area contributed by atoms with Crippen molar-refractivity contribution < 1.29 is 19.0 Å². The van der Waals surface area contributed by atoms with Gasteiger partial charge in [-0.1, -0.05) is 17.7 Å². The minimum atomic E-state index is -0.806. The minimum absolute atomic E-state index is 0.362. The van der Waals surface area contributed by atoms with E-state index in [4.69, 9.17) is 13.9 Å². The Balaban J connectivity index is 2.09. The molecule has 0 radical (unpaired) electrons. The van der Waals surface area contributed by atoms with E-state index in [9.17, 15) is 9.90 Å². The van der Waals surface area contributed by atoms with E-state index in [-0.39, 0.29) is 0 Å². The predicted octanol–water partition coefficient (Wildman–Crippen LogP) is 3.84. The van der Waals surface area contributed by atoms with Crippen molar-refractivity contribution in [2.24, 2.45) is 0 Å². The van der Waals surface area contributed by atoms with E-state index in [0.717, 1.165) is 17.4 Å². The fraction of sp³-hybridized carbons (Fsp3) is 0.350. The van der Waals surface area contributed by atoms with Gasteiger partial charge in [0.25, 0.3) is 0 Å². The van der Waals surface area contributed by atoms with Crippen LogP contribution in [-0.4, -0.2) is 24.4 Å². The summed E-state index contributed by atoms with van der Waals surface area (Å²) in [5.74, 6) is 0.920. The lowest BCUT2D eigenvalue weighted by molar-refractivity contribution is 0.133. The van der Waals surface area contributed by atoms with E-state index < -0.39 is 11.2 Å². The molecule has 0 bridgehead atoms. The quantitative estimate of drug-likeness (QED) is 0.610. The third-order valence-electron chi connectivity index (χ3n) is 3.55. The van der Waals surface area contributed by atoms with Crippen molar-refractivity contribution >= 4 is 11.0 Å². The lowest BCUT2D eigenvalue weighted by Crippen LogP contribution is -2.13. The molecule has 5 nitrogen and oxygen atoms in total. The Labute approximate surface area is 147 Å². The SMILES string of the molecule is COc1c(OCC=C(C)CC=CC(C)(C)O)ccc2ccc(=O)oc12. The highest BCUT2D eigenvalue weighted by Gasteiger charge is 2.12. The van der Waals surface area contributed by atoms with Gasteiger partial charge in [-0.25, -0.2) is 4.79 Å². The second kappa shape index (κ2) is 8.03. The maximum absolute atomic E-state index is 11.4. The van der Waals surface area contributed by atoms with Crippen LogP contribution in [0.5, 0.6) is 11.5 Å². The first-order valence-corrected chi connectivity index (χ1v) is 8.09. The molecule has 0 atom stereocenters. The van der Waals surface area contributed by atoms with Crippen LogP contribution in [0.1, 0.15) is 27.2 Å². The van der Waals surface area contributed by atoms with Crippen LogP contribution in [0.15, 0.2) is 57.3 Å². The first-order valence-electron chi connectivity index (χ1n) is 8.09. The Kier molecular flexibility index (Phi) is 6.04. The van der Waals surface area contributed by atoms with Gasteiger partial charge >= 0.3 is 5.63 Å². The molecular weight excluding hydrogens is 320 g/mol. The summed E-state index contributed by atoms with van der Waals surface area (Å²) < 4.78 is 16.3. The fourth-order valence-electron chi connectivity index (χ4n) is 2.29. The summed E-state index contributed by atoms with van der Waals surface area (Å²) in [4.78, 5) is 11.4. The van der Waals surface area contributed by atoms with E-state index in [1.807, 2.05) is 25.1 Å². The van der Waals surface area contributed by atoms with Crippen molar-refractivity contribution in [1.82, 2.24) is 0 Å². The standard InChI is InChI=1S/C20H24O5/c1-14(6-5-12-20(2,3)22)11-13-24-16-9-7-15-8-10-17(21)25-18(15)19(16)23-4/h5,7-12,22H,6,13H2,1-4H3. The molecule has 0 fully saturated rings. The lowest BCUT2D eigenvalue weighted by Gasteiger charge is -2.11. The Morgan fingerprint density at radius 3 is 2.68 bits per heavy atom. The van der Waals surface area contributed by atoms with Crippen molar-refractivity contribution in [3.8, 4) is 11.5 Å². The zero-order valence-corrected chi connectivity index (χ0v) is 15.0. The molecular formula is C20H24O5. The molecule has 0 aliphatic heterocycles. The molecule has 0 saturated heterocycles. The number of hydrogen-bond acceptors (Lipinski definition) is 5. The van der Waals surface area contributed by atoms with Gasteiger partial charge in [0.05, 0.1) is 12.7 Å². The number of fused-ring (bicyclic) bond motifs is 1. The minimum Gasteiger partial charge on any atom is -0.490 e. The van der Waals surface area contributed by atoms with E-state index in [0.29, 0.717) is 23.7 Å². The molecule has 25 heavy (non-hydrogen) atoms. The average molecular weight is 344 g/mol. The molecule has 1 N–H and O–H groups in total. The molecule has 0 saturated carbocycles. The molecule has 1 aromatic carbocycles. The number of methoxy groups -OCH3 is 1. The number of benzene rings is 1. The average Bonchev–Trinajstić information content (AvgIpc) is 2.53. The first kappa shape index (κ1) is 18.8. The number of ether oxygens (including phenoxy) is 2. The molecule has 134 valence electrons. The van der Waals surface area contributed by atoms with Crippen LogP contribution >= 0.6 is 0 Å². The van der Waals surface area contributed by atoms with Gasteiger partial charge in [-0.3, -0.25) is 0 Å². The Morgan fingerprint density at radius 1 is 1.28 bits per heavy atom. The van der Waals surface area contributed by atoms with Gasteiger partial charge in [-0.05, 0) is 51.5 Å². The van der Waals surface area contributed by atoms with Crippen molar-refractivity contribution in [2.45, 2.75) is 32.8 Å². The second-order valence-corrected chi connectivity index (χ2v) is 6.39. The van der Waals surface area contributed by atoms with Crippen molar-refractivity contribution in [3.05, 3.63) is 58.5 Å². The van der Waals surface area contributed by atoms with E-state index in [1.54, 1.807) is 32.1 Å². The van der Waals surface area contributed by atoms with Crippen molar-refractivity contribution in [2.75, 3.05) is 13.7 Å². The van der Waals surface area contributed by atoms with Gasteiger partial charge in [0.15, 0.2) is 11.3 Å². The third kappa shape index (κ3) is 5.50. The van der Waals surface area contributed by atoms with Crippen LogP contribution in [-0.2, 0) is 0 Å². The molecule has 1 heterocycles. The number of aliphatic hydroxyl groups is 1. The van der Waals surface area contributed by atoms with Crippen molar-refractivity contribution in [3.63, 3.8) is 0 Å². The number of rotatable bonds is 7. The zero-order chi connectivity index (χ0) is 18.4. The summed E-state index contributed by atoms with van der Waals surface area (Å²) in [5.41, 5.74) is 0.254. The summed E-state index contributed by atoms with van der Waals surface area (Å²) in [6.07, 6.45) is 6.38. The number of hydrogen-bond donors (Lipinski definition) is 1. The van der Waals surface area contributed by atoms with Gasteiger partial charge in [0, 0.05) is 11.5 Å². The maximum Gasteiger partial charge on any atom is 0.336 e. The van der Waals surface area contributed by atoms with Crippen LogP contribution in [0.4, 0.5) is 0 Å². The summed E-state index contributed by atoms with van der Waals surface area (Å²) in [5, 5.41) is 10.4. The first-order chi connectivity index (χ1) is 11.8. The van der Waals surface area contributed by atoms with E-state index >= 15 is 0 Å². The summed E-state index contributed by atoms with van der Waals surface area (Å²) >= 11 is 0. The summed E-state index contributed by atoms with van der Waals surface area (Å²) in [6.45, 7) is 5.82. The predicted molar refractivity (Wildman–Crippen MR) is 98.3 cm³/mol. The molecule has 0 aliphatic rings. The van der Waals surface area contributed by atoms with Crippen LogP contribution in [0.2, 0.25) is 0 Å². The zero-order valence-electron chi connectivity index (χ0n) is 15.0. The lowest BCUT2D eigenvalue weighted by atomic mass is 10.1. The van der Waals surface area contributed by atoms with Gasteiger partial charge in [-0.15, -0.1) is 0 Å². The smallest absolute Gasteiger partial charge is 0.336 e. The molecule has 0 spiro atoms. The topological polar surface area (TPSA) is 68.9 Å². The fourth-order valence-corrected chi connectivity index (χ4v) is 2.29. The molecule has 0 unspecified atom stereocenters. The number of allylic oxidation sites excluding steroid dienone is 2. The van der Waals surface area contributed by atoms with Gasteiger partial charge < -0.3 is 19.0 Å². The second-order valence-electron chi connectivity index (χ2n) is 6.39. The Morgan fingerprint density at radius 2 is 2.00 bits per heavy atom. The normalized spacial score (nSPS) is 12.8. The molecule has 5 heteroatoms. The van der Waals surface area contributed by atoms with E-state index in [1.165, 1.54) is 13.2 Å². The summed E-state index contributed by atoms with van der Waals surface area (Å²) in [7, 11) is 1.51. The van der Waals surface area contributed by atoms with Crippen LogP contribution in [0, 0.1) is 0 Å². The van der Waals surface area contributed by atoms with Gasteiger partial charge in [0.2, 0.25) is 5.75 Å². The highest BCUT2D eigenvalue weighted by Crippen LogP contribution is 2.34.